The topological polar surface area (TPSA) is 26.3 Å². The van der Waals surface area contributed by atoms with Crippen LogP contribution in [0.3, 0.4) is 0 Å². The maximum Gasteiger partial charge on any atom is 0.305 e. The van der Waals surface area contributed by atoms with Crippen LogP contribution in [0.15, 0.2) is 0 Å². The summed E-state index contributed by atoms with van der Waals surface area (Å²) in [5, 5.41) is 0. The van der Waals surface area contributed by atoms with Gasteiger partial charge in [0.2, 0.25) is 0 Å². The standard InChI is InChI=1S/C15H30O2/c1-14(2,3)10-7-9-13(16)17-12-8-11-15(4,5)6/h7-12H2,1-6H3. The van der Waals surface area contributed by atoms with Gasteiger partial charge in [-0.3, -0.25) is 4.79 Å². The first-order valence-electron chi connectivity index (χ1n) is 6.76. The van der Waals surface area contributed by atoms with Gasteiger partial charge in [-0.15, -0.1) is 0 Å². The third-order valence-electron chi connectivity index (χ3n) is 2.64. The van der Waals surface area contributed by atoms with Crippen molar-refractivity contribution in [2.75, 3.05) is 6.61 Å². The average molecular weight is 242 g/mol. The van der Waals surface area contributed by atoms with Crippen molar-refractivity contribution in [1.29, 1.82) is 0 Å². The summed E-state index contributed by atoms with van der Waals surface area (Å²) in [6.45, 7) is 13.8. The molecule has 0 aromatic heterocycles. The zero-order chi connectivity index (χ0) is 13.5. The summed E-state index contributed by atoms with van der Waals surface area (Å²) in [5.74, 6) is -0.0387. The fourth-order valence-electron chi connectivity index (χ4n) is 1.62. The van der Waals surface area contributed by atoms with Gasteiger partial charge in [-0.2, -0.15) is 0 Å². The van der Waals surface area contributed by atoms with E-state index in [0.717, 1.165) is 25.7 Å². The summed E-state index contributed by atoms with van der Waals surface area (Å²) in [6, 6.07) is 0. The summed E-state index contributed by atoms with van der Waals surface area (Å²) in [5.41, 5.74) is 0.644. The van der Waals surface area contributed by atoms with Crippen LogP contribution < -0.4 is 0 Å². The van der Waals surface area contributed by atoms with E-state index in [1.165, 1.54) is 0 Å². The molecule has 0 spiro atoms. The fourth-order valence-corrected chi connectivity index (χ4v) is 1.62. The molecule has 17 heavy (non-hydrogen) atoms. The van der Waals surface area contributed by atoms with Crippen LogP contribution in [-0.2, 0) is 9.53 Å². The van der Waals surface area contributed by atoms with E-state index in [2.05, 4.69) is 41.5 Å². The minimum absolute atomic E-state index is 0.0387. The quantitative estimate of drug-likeness (QED) is 0.503. The summed E-state index contributed by atoms with van der Waals surface area (Å²) in [7, 11) is 0. The maximum absolute atomic E-state index is 11.4. The van der Waals surface area contributed by atoms with Crippen molar-refractivity contribution in [3.8, 4) is 0 Å². The van der Waals surface area contributed by atoms with E-state index in [4.69, 9.17) is 4.74 Å². The normalized spacial score (nSPS) is 12.6. The van der Waals surface area contributed by atoms with Crippen LogP contribution in [-0.4, -0.2) is 12.6 Å². The first-order chi connectivity index (χ1) is 7.60. The van der Waals surface area contributed by atoms with E-state index in [-0.39, 0.29) is 5.97 Å². The Balaban J connectivity index is 3.48. The lowest BCUT2D eigenvalue weighted by Gasteiger charge is -2.18. The van der Waals surface area contributed by atoms with E-state index >= 15 is 0 Å². The smallest absolute Gasteiger partial charge is 0.305 e. The first kappa shape index (κ1) is 16.5. The van der Waals surface area contributed by atoms with Gasteiger partial charge in [0.1, 0.15) is 0 Å². The third kappa shape index (κ3) is 13.4. The second kappa shape index (κ2) is 7.03. The van der Waals surface area contributed by atoms with Crippen LogP contribution >= 0.6 is 0 Å². The molecule has 0 atom stereocenters. The maximum atomic E-state index is 11.4. The van der Waals surface area contributed by atoms with E-state index in [1.807, 2.05) is 0 Å². The highest BCUT2D eigenvalue weighted by molar-refractivity contribution is 5.69. The first-order valence-corrected chi connectivity index (χ1v) is 6.76. The number of rotatable bonds is 6. The van der Waals surface area contributed by atoms with Crippen LogP contribution in [0.4, 0.5) is 0 Å². The Morgan fingerprint density at radius 2 is 1.35 bits per heavy atom. The van der Waals surface area contributed by atoms with Gasteiger partial charge >= 0.3 is 5.97 Å². The van der Waals surface area contributed by atoms with Gasteiger partial charge < -0.3 is 4.74 Å². The van der Waals surface area contributed by atoms with E-state index in [9.17, 15) is 4.79 Å². The SMILES string of the molecule is CC(C)(C)CCCOC(=O)CCCC(C)(C)C. The molecule has 0 rings (SSSR count). The van der Waals surface area contributed by atoms with Gasteiger partial charge in [0.15, 0.2) is 0 Å². The molecule has 0 aromatic carbocycles. The highest BCUT2D eigenvalue weighted by Gasteiger charge is 2.12. The number of esters is 1. The Labute approximate surface area is 107 Å². The van der Waals surface area contributed by atoms with Gasteiger partial charge in [0.05, 0.1) is 6.61 Å². The Bertz CT molecular complexity index is 218. The molecule has 0 radical (unpaired) electrons. The average Bonchev–Trinajstić information content (AvgIpc) is 2.09. The zero-order valence-electron chi connectivity index (χ0n) is 12.6. The lowest BCUT2D eigenvalue weighted by Crippen LogP contribution is -2.11. The van der Waals surface area contributed by atoms with Crippen LogP contribution in [0.1, 0.15) is 73.6 Å². The van der Waals surface area contributed by atoms with Crippen LogP contribution in [0, 0.1) is 10.8 Å². The molecule has 0 saturated carbocycles. The Morgan fingerprint density at radius 3 is 1.82 bits per heavy atom. The van der Waals surface area contributed by atoms with Crippen LogP contribution in [0.25, 0.3) is 0 Å². The highest BCUT2D eigenvalue weighted by atomic mass is 16.5. The molecular formula is C15H30O2. The van der Waals surface area contributed by atoms with E-state index in [1.54, 1.807) is 0 Å². The number of hydrogen-bond acceptors (Lipinski definition) is 2. The molecule has 0 aliphatic rings. The van der Waals surface area contributed by atoms with Gasteiger partial charge in [-0.05, 0) is 36.5 Å². The molecule has 0 heterocycles. The fraction of sp³-hybridized carbons (Fsp3) is 0.933. The summed E-state index contributed by atoms with van der Waals surface area (Å²) in [4.78, 5) is 11.4. The van der Waals surface area contributed by atoms with E-state index < -0.39 is 0 Å². The van der Waals surface area contributed by atoms with Crippen LogP contribution in [0.5, 0.6) is 0 Å². The molecule has 0 unspecified atom stereocenters. The monoisotopic (exact) mass is 242 g/mol. The Hall–Kier alpha value is -0.530. The van der Waals surface area contributed by atoms with Crippen molar-refractivity contribution in [3.05, 3.63) is 0 Å². The molecule has 0 N–H and O–H groups in total. The molecule has 0 aliphatic carbocycles. The molecule has 0 aromatic rings. The van der Waals surface area contributed by atoms with Crippen molar-refractivity contribution in [2.24, 2.45) is 10.8 Å². The molecule has 102 valence electrons. The number of carbonyl (C=O) groups excluding carboxylic acids is 1. The second-order valence-electron chi connectivity index (χ2n) is 7.30. The zero-order valence-corrected chi connectivity index (χ0v) is 12.6. The van der Waals surface area contributed by atoms with Crippen LogP contribution in [0.2, 0.25) is 0 Å². The third-order valence-corrected chi connectivity index (χ3v) is 2.64. The Kier molecular flexibility index (Phi) is 6.81. The molecule has 0 amide bonds. The van der Waals surface area contributed by atoms with Crippen molar-refractivity contribution >= 4 is 5.97 Å². The highest BCUT2D eigenvalue weighted by Crippen LogP contribution is 2.22. The molecule has 0 aliphatic heterocycles. The molecule has 0 saturated heterocycles. The number of carbonyl (C=O) groups is 1. The largest absolute Gasteiger partial charge is 0.466 e. The van der Waals surface area contributed by atoms with E-state index in [0.29, 0.717) is 23.9 Å². The summed E-state index contributed by atoms with van der Waals surface area (Å²) in [6.07, 6.45) is 4.63. The minimum atomic E-state index is -0.0387. The molecule has 2 nitrogen and oxygen atoms in total. The molecule has 0 bridgehead atoms. The molecule has 2 heteroatoms. The predicted octanol–water partition coefficient (Wildman–Crippen LogP) is 4.57. The molecule has 0 fully saturated rings. The van der Waals surface area contributed by atoms with Crippen molar-refractivity contribution in [3.63, 3.8) is 0 Å². The second-order valence-corrected chi connectivity index (χ2v) is 7.30. The Morgan fingerprint density at radius 1 is 0.882 bits per heavy atom. The predicted molar refractivity (Wildman–Crippen MR) is 73.0 cm³/mol. The number of hydrogen-bond donors (Lipinski definition) is 0. The van der Waals surface area contributed by atoms with Gasteiger partial charge in [-0.25, -0.2) is 0 Å². The minimum Gasteiger partial charge on any atom is -0.466 e. The van der Waals surface area contributed by atoms with Crippen molar-refractivity contribution < 1.29 is 9.53 Å². The number of ether oxygens (including phenoxy) is 1. The van der Waals surface area contributed by atoms with Gasteiger partial charge in [0.25, 0.3) is 0 Å². The summed E-state index contributed by atoms with van der Waals surface area (Å²) >= 11 is 0. The van der Waals surface area contributed by atoms with Crippen molar-refractivity contribution in [1.82, 2.24) is 0 Å². The lowest BCUT2D eigenvalue weighted by molar-refractivity contribution is -0.144. The van der Waals surface area contributed by atoms with Gasteiger partial charge in [-0.1, -0.05) is 41.5 Å². The van der Waals surface area contributed by atoms with Crippen molar-refractivity contribution in [2.45, 2.75) is 73.6 Å². The lowest BCUT2D eigenvalue weighted by atomic mass is 9.90. The molecular weight excluding hydrogens is 212 g/mol. The summed E-state index contributed by atoms with van der Waals surface area (Å²) < 4.78 is 5.21. The van der Waals surface area contributed by atoms with Gasteiger partial charge in [0, 0.05) is 6.42 Å².